The van der Waals surface area contributed by atoms with Crippen LogP contribution in [0.2, 0.25) is 0 Å². The van der Waals surface area contributed by atoms with Crippen LogP contribution >= 0.6 is 0 Å². The first-order valence-electron chi connectivity index (χ1n) is 7.01. The molecule has 0 N–H and O–H groups in total. The summed E-state index contributed by atoms with van der Waals surface area (Å²) >= 11 is 0. The van der Waals surface area contributed by atoms with Gasteiger partial charge in [0.15, 0.2) is 0 Å². The minimum Gasteiger partial charge on any atom is -0.462 e. The predicted molar refractivity (Wildman–Crippen MR) is 64.1 cm³/mol. The molecule has 3 atom stereocenters. The maximum atomic E-state index is 11.8. The second kappa shape index (κ2) is 5.70. The van der Waals surface area contributed by atoms with Crippen LogP contribution in [0.4, 0.5) is 0 Å². The molecule has 1 aliphatic heterocycles. The molecule has 0 bridgehead atoms. The molecule has 1 saturated carbocycles. The van der Waals surface area contributed by atoms with Gasteiger partial charge in [-0.15, -0.1) is 0 Å². The van der Waals surface area contributed by atoms with Crippen LogP contribution in [0, 0.1) is 11.8 Å². The van der Waals surface area contributed by atoms with Crippen molar-refractivity contribution in [3.05, 3.63) is 0 Å². The highest BCUT2D eigenvalue weighted by molar-refractivity contribution is 5.74. The molecule has 2 nitrogen and oxygen atoms in total. The van der Waals surface area contributed by atoms with E-state index >= 15 is 0 Å². The first-order valence-corrected chi connectivity index (χ1v) is 7.01. The fraction of sp³-hybridized carbons (Fsp3) is 0.929. The zero-order valence-electron chi connectivity index (χ0n) is 10.4. The van der Waals surface area contributed by atoms with Gasteiger partial charge in [-0.1, -0.05) is 32.6 Å². The lowest BCUT2D eigenvalue weighted by Crippen LogP contribution is -2.35. The van der Waals surface area contributed by atoms with E-state index < -0.39 is 0 Å². The Hall–Kier alpha value is -0.530. The number of rotatable bonds is 5. The Kier molecular flexibility index (Phi) is 4.25. The average molecular weight is 224 g/mol. The lowest BCUT2D eigenvalue weighted by atomic mass is 9.86. The van der Waals surface area contributed by atoms with Crippen molar-refractivity contribution in [1.82, 2.24) is 0 Å². The maximum Gasteiger partial charge on any atom is 0.309 e. The summed E-state index contributed by atoms with van der Waals surface area (Å²) in [4.78, 5) is 11.8. The summed E-state index contributed by atoms with van der Waals surface area (Å²) < 4.78 is 5.54. The number of esters is 1. The molecule has 0 spiro atoms. The number of fused-ring (bicyclic) bond motifs is 1. The number of cyclic esters (lactones) is 1. The molecule has 2 heteroatoms. The van der Waals surface area contributed by atoms with E-state index in [1.54, 1.807) is 0 Å². The third-order valence-corrected chi connectivity index (χ3v) is 4.19. The van der Waals surface area contributed by atoms with Crippen LogP contribution < -0.4 is 0 Å². The van der Waals surface area contributed by atoms with Crippen LogP contribution in [0.1, 0.15) is 64.7 Å². The van der Waals surface area contributed by atoms with Gasteiger partial charge in [0, 0.05) is 0 Å². The summed E-state index contributed by atoms with van der Waals surface area (Å²) in [6.45, 7) is 2.23. The Morgan fingerprint density at radius 1 is 1.25 bits per heavy atom. The van der Waals surface area contributed by atoms with E-state index in [0.29, 0.717) is 5.92 Å². The Bertz CT molecular complexity index is 237. The van der Waals surface area contributed by atoms with Gasteiger partial charge in [0.25, 0.3) is 0 Å². The highest BCUT2D eigenvalue weighted by Gasteiger charge is 2.40. The van der Waals surface area contributed by atoms with Crippen molar-refractivity contribution >= 4 is 5.97 Å². The van der Waals surface area contributed by atoms with Crippen LogP contribution in [0.15, 0.2) is 0 Å². The zero-order valence-corrected chi connectivity index (χ0v) is 10.4. The van der Waals surface area contributed by atoms with E-state index in [1.807, 2.05) is 0 Å². The van der Waals surface area contributed by atoms with Crippen molar-refractivity contribution in [1.29, 1.82) is 0 Å². The van der Waals surface area contributed by atoms with Gasteiger partial charge in [-0.05, 0) is 38.0 Å². The number of hydrogen-bond acceptors (Lipinski definition) is 2. The SMILES string of the molecule is CCCCCCC1CC2CCCC2C(=O)O1. The summed E-state index contributed by atoms with van der Waals surface area (Å²) in [7, 11) is 0. The Balaban J connectivity index is 1.73. The molecule has 1 aliphatic carbocycles. The Labute approximate surface area is 98.7 Å². The molecule has 2 rings (SSSR count). The summed E-state index contributed by atoms with van der Waals surface area (Å²) in [6.07, 6.45) is 11.1. The van der Waals surface area contributed by atoms with Gasteiger partial charge in [-0.3, -0.25) is 4.79 Å². The van der Waals surface area contributed by atoms with E-state index in [4.69, 9.17) is 4.74 Å². The van der Waals surface area contributed by atoms with Gasteiger partial charge in [0.2, 0.25) is 0 Å². The normalized spacial score (nSPS) is 33.6. The molecule has 1 saturated heterocycles. The molecule has 16 heavy (non-hydrogen) atoms. The second-order valence-electron chi connectivity index (χ2n) is 5.44. The Morgan fingerprint density at radius 3 is 2.94 bits per heavy atom. The fourth-order valence-electron chi connectivity index (χ4n) is 3.24. The monoisotopic (exact) mass is 224 g/mol. The van der Waals surface area contributed by atoms with E-state index in [9.17, 15) is 4.79 Å². The summed E-state index contributed by atoms with van der Waals surface area (Å²) in [5.74, 6) is 1.01. The molecule has 92 valence electrons. The van der Waals surface area contributed by atoms with Crippen LogP contribution in [0.3, 0.4) is 0 Å². The van der Waals surface area contributed by atoms with E-state index in [-0.39, 0.29) is 18.0 Å². The molecule has 0 aromatic carbocycles. The molecule has 3 unspecified atom stereocenters. The molecule has 0 amide bonds. The molecule has 0 aromatic heterocycles. The molecule has 0 aromatic rings. The molecule has 0 radical (unpaired) electrons. The average Bonchev–Trinajstić information content (AvgIpc) is 2.73. The van der Waals surface area contributed by atoms with Crippen molar-refractivity contribution in [2.24, 2.45) is 11.8 Å². The number of unbranched alkanes of at least 4 members (excludes halogenated alkanes) is 3. The Morgan fingerprint density at radius 2 is 2.12 bits per heavy atom. The molecule has 1 heterocycles. The molecular formula is C14H24O2. The zero-order chi connectivity index (χ0) is 11.4. The molecular weight excluding hydrogens is 200 g/mol. The summed E-state index contributed by atoms with van der Waals surface area (Å²) in [5.41, 5.74) is 0. The topological polar surface area (TPSA) is 26.3 Å². The highest BCUT2D eigenvalue weighted by atomic mass is 16.5. The summed E-state index contributed by atoms with van der Waals surface area (Å²) in [6, 6.07) is 0. The van der Waals surface area contributed by atoms with Gasteiger partial charge in [0.1, 0.15) is 6.10 Å². The number of hydrogen-bond donors (Lipinski definition) is 0. The van der Waals surface area contributed by atoms with Gasteiger partial charge in [0.05, 0.1) is 5.92 Å². The lowest BCUT2D eigenvalue weighted by molar-refractivity contribution is -0.163. The summed E-state index contributed by atoms with van der Waals surface area (Å²) in [5, 5.41) is 0. The first-order chi connectivity index (χ1) is 7.81. The highest BCUT2D eigenvalue weighted by Crippen LogP contribution is 2.40. The van der Waals surface area contributed by atoms with Gasteiger partial charge < -0.3 is 4.74 Å². The quantitative estimate of drug-likeness (QED) is 0.526. The number of carbonyl (C=O) groups excluding carboxylic acids is 1. The van der Waals surface area contributed by atoms with Gasteiger partial charge in [-0.25, -0.2) is 0 Å². The third-order valence-electron chi connectivity index (χ3n) is 4.19. The van der Waals surface area contributed by atoms with E-state index in [0.717, 1.165) is 19.3 Å². The standard InChI is InChI=1S/C14H24O2/c1-2-3-4-5-8-12-10-11-7-6-9-13(11)14(15)16-12/h11-13H,2-10H2,1H3. The molecule has 2 aliphatic rings. The smallest absolute Gasteiger partial charge is 0.309 e. The van der Waals surface area contributed by atoms with Crippen molar-refractivity contribution < 1.29 is 9.53 Å². The van der Waals surface area contributed by atoms with Crippen molar-refractivity contribution in [3.63, 3.8) is 0 Å². The number of carbonyl (C=O) groups is 1. The lowest BCUT2D eigenvalue weighted by Gasteiger charge is -2.31. The van der Waals surface area contributed by atoms with E-state index in [1.165, 1.54) is 38.5 Å². The number of ether oxygens (including phenoxy) is 1. The van der Waals surface area contributed by atoms with Crippen molar-refractivity contribution in [3.8, 4) is 0 Å². The minimum absolute atomic E-state index is 0.106. The first kappa shape index (κ1) is 11.9. The van der Waals surface area contributed by atoms with E-state index in [2.05, 4.69) is 6.92 Å². The third kappa shape index (κ3) is 2.78. The van der Waals surface area contributed by atoms with Crippen molar-refractivity contribution in [2.75, 3.05) is 0 Å². The predicted octanol–water partition coefficient (Wildman–Crippen LogP) is 3.69. The van der Waals surface area contributed by atoms with Gasteiger partial charge >= 0.3 is 5.97 Å². The van der Waals surface area contributed by atoms with Crippen molar-refractivity contribution in [2.45, 2.75) is 70.8 Å². The van der Waals surface area contributed by atoms with Gasteiger partial charge in [-0.2, -0.15) is 0 Å². The maximum absolute atomic E-state index is 11.8. The minimum atomic E-state index is 0.106. The van der Waals surface area contributed by atoms with Crippen LogP contribution in [-0.4, -0.2) is 12.1 Å². The van der Waals surface area contributed by atoms with Crippen LogP contribution in [-0.2, 0) is 9.53 Å². The van der Waals surface area contributed by atoms with Crippen LogP contribution in [0.5, 0.6) is 0 Å². The largest absolute Gasteiger partial charge is 0.462 e. The fourth-order valence-corrected chi connectivity index (χ4v) is 3.24. The second-order valence-corrected chi connectivity index (χ2v) is 5.44. The van der Waals surface area contributed by atoms with Crippen LogP contribution in [0.25, 0.3) is 0 Å². The molecule has 2 fully saturated rings.